The van der Waals surface area contributed by atoms with Crippen LogP contribution in [-0.2, 0) is 4.74 Å². The Balaban J connectivity index is 0.000000175. The molecule has 6 aromatic heterocycles. The van der Waals surface area contributed by atoms with E-state index in [0.29, 0.717) is 77.3 Å². The van der Waals surface area contributed by atoms with Crippen LogP contribution in [0.2, 0.25) is 10.0 Å². The fourth-order valence-electron chi connectivity index (χ4n) is 7.97. The number of aromatic nitrogens is 10. The second-order valence-corrected chi connectivity index (χ2v) is 17.3. The fraction of sp³-hybridized carbons (Fsp3) is 0.122. The standard InChI is InChI=1S/C27H23ClN6O4.C22H15ClN6O2/c1-14-31-23-17(24(35)36)12-15(19-8-10-30-25(32-19)33-26(37)38-27(2,3)4)13-21(23)34(14)20-9-11-29-22-16(20)6-5-7-18(22)28;1-11-27-20-14(21(30)31)9-12(16-5-7-26-22(24)28-16)10-18(20)29(11)17-6-8-25-19-13(17)3-2-4-15(19)23/h5-13H,1-4H3,(H,35,36)(H,30,32,33,37);2-10H,1H3,(H,30,31)(H2,24,26,28). The minimum Gasteiger partial charge on any atom is -0.478 e. The minimum absolute atomic E-state index is 0.0102. The van der Waals surface area contributed by atoms with Gasteiger partial charge in [0.05, 0.1) is 66.0 Å². The number of hydrogen-bond donors (Lipinski definition) is 4. The molecule has 344 valence electrons. The zero-order valence-electron chi connectivity index (χ0n) is 37.2. The van der Waals surface area contributed by atoms with Crippen molar-refractivity contribution in [2.45, 2.75) is 40.2 Å². The number of fused-ring (bicyclic) bond motifs is 4. The first-order chi connectivity index (χ1) is 32.9. The Hall–Kier alpha value is -8.61. The zero-order valence-corrected chi connectivity index (χ0v) is 38.7. The maximum atomic E-state index is 12.3. The molecule has 0 saturated carbocycles. The SMILES string of the molecule is Cc1nc2c(C(=O)O)cc(-c3ccnc(N)n3)cc2n1-c1ccnc2c(Cl)cccc12.Cc1nc2c(C(=O)O)cc(-c3ccnc(NC(=O)OC(C)(C)C)n3)cc2n1-c1ccnc2c(Cl)cccc12. The molecule has 0 spiro atoms. The number of aryl methyl sites for hydroxylation is 2. The van der Waals surface area contributed by atoms with Gasteiger partial charge in [0.1, 0.15) is 28.3 Å². The molecule has 0 saturated heterocycles. The van der Waals surface area contributed by atoms with Crippen LogP contribution in [0.15, 0.2) is 110 Å². The van der Waals surface area contributed by atoms with E-state index in [1.54, 1.807) is 76.5 Å². The molecule has 10 rings (SSSR count). The molecule has 18 nitrogen and oxygen atoms in total. The summed E-state index contributed by atoms with van der Waals surface area (Å²) in [6.45, 7) is 8.87. The van der Waals surface area contributed by atoms with Crippen molar-refractivity contribution in [3.63, 3.8) is 0 Å². The van der Waals surface area contributed by atoms with Crippen molar-refractivity contribution < 1.29 is 29.3 Å². The minimum atomic E-state index is -1.13. The van der Waals surface area contributed by atoms with Crippen molar-refractivity contribution in [3.05, 3.63) is 143 Å². The molecule has 0 aliphatic rings. The van der Waals surface area contributed by atoms with Crippen molar-refractivity contribution >= 4 is 97.0 Å². The van der Waals surface area contributed by atoms with Crippen LogP contribution >= 0.6 is 23.2 Å². The van der Waals surface area contributed by atoms with Crippen molar-refractivity contribution in [1.82, 2.24) is 49.0 Å². The number of carbonyl (C=O) groups is 3. The van der Waals surface area contributed by atoms with Crippen molar-refractivity contribution in [2.75, 3.05) is 11.1 Å². The molecule has 6 heterocycles. The first kappa shape index (κ1) is 45.5. The lowest BCUT2D eigenvalue weighted by Crippen LogP contribution is -2.27. The highest BCUT2D eigenvalue weighted by molar-refractivity contribution is 6.35. The summed E-state index contributed by atoms with van der Waals surface area (Å²) in [7, 11) is 0. The number of rotatable bonds is 7. The van der Waals surface area contributed by atoms with Crippen LogP contribution < -0.4 is 11.1 Å². The number of anilines is 2. The van der Waals surface area contributed by atoms with E-state index in [-0.39, 0.29) is 23.0 Å². The first-order valence-corrected chi connectivity index (χ1v) is 21.7. The molecule has 5 N–H and O–H groups in total. The normalized spacial score (nSPS) is 11.5. The number of nitrogen functional groups attached to an aromatic ring is 1. The van der Waals surface area contributed by atoms with Gasteiger partial charge in [-0.3, -0.25) is 24.4 Å². The number of para-hydroxylation sites is 2. The van der Waals surface area contributed by atoms with Gasteiger partial charge >= 0.3 is 18.0 Å². The number of carbonyl (C=O) groups excluding carboxylic acids is 1. The molecule has 69 heavy (non-hydrogen) atoms. The maximum Gasteiger partial charge on any atom is 0.414 e. The van der Waals surface area contributed by atoms with Gasteiger partial charge in [0.2, 0.25) is 11.9 Å². The highest BCUT2D eigenvalue weighted by Crippen LogP contribution is 2.35. The van der Waals surface area contributed by atoms with E-state index in [4.69, 9.17) is 33.7 Å². The van der Waals surface area contributed by atoms with Crippen LogP contribution in [0.1, 0.15) is 53.1 Å². The summed E-state index contributed by atoms with van der Waals surface area (Å²) in [4.78, 5) is 71.1. The molecular formula is C49H38Cl2N12O6. The molecule has 20 heteroatoms. The van der Waals surface area contributed by atoms with Gasteiger partial charge in [-0.15, -0.1) is 0 Å². The highest BCUT2D eigenvalue weighted by atomic mass is 35.5. The van der Waals surface area contributed by atoms with Gasteiger partial charge in [0.15, 0.2) is 0 Å². The predicted octanol–water partition coefficient (Wildman–Crippen LogP) is 10.3. The zero-order chi connectivity index (χ0) is 48.9. The number of amides is 1. The number of ether oxygens (including phenoxy) is 1. The van der Waals surface area contributed by atoms with Crippen LogP contribution in [0.25, 0.3) is 77.8 Å². The van der Waals surface area contributed by atoms with Gasteiger partial charge in [-0.25, -0.2) is 44.3 Å². The topological polar surface area (TPSA) is 252 Å². The Morgan fingerprint density at radius 2 is 1.07 bits per heavy atom. The average Bonchev–Trinajstić information content (AvgIpc) is 3.82. The number of benzene rings is 4. The summed E-state index contributed by atoms with van der Waals surface area (Å²) in [5.41, 5.74) is 11.8. The van der Waals surface area contributed by atoms with E-state index in [9.17, 15) is 24.6 Å². The highest BCUT2D eigenvalue weighted by Gasteiger charge is 2.23. The molecule has 0 aliphatic heterocycles. The van der Waals surface area contributed by atoms with Gasteiger partial charge in [0.25, 0.3) is 0 Å². The first-order valence-electron chi connectivity index (χ1n) is 21.0. The van der Waals surface area contributed by atoms with Crippen LogP contribution in [0, 0.1) is 13.8 Å². The van der Waals surface area contributed by atoms with Crippen LogP contribution in [-0.4, -0.2) is 82.9 Å². The van der Waals surface area contributed by atoms with Crippen molar-refractivity contribution in [3.8, 4) is 33.9 Å². The van der Waals surface area contributed by atoms with Crippen LogP contribution in [0.4, 0.5) is 16.7 Å². The lowest BCUT2D eigenvalue weighted by molar-refractivity contribution is 0.0631. The average molecular weight is 962 g/mol. The van der Waals surface area contributed by atoms with Crippen molar-refractivity contribution in [2.24, 2.45) is 0 Å². The lowest BCUT2D eigenvalue weighted by Gasteiger charge is -2.19. The molecule has 1 amide bonds. The lowest BCUT2D eigenvalue weighted by atomic mass is 10.1. The number of hydrogen-bond acceptors (Lipinski definition) is 13. The Morgan fingerprint density at radius 3 is 1.54 bits per heavy atom. The summed E-state index contributed by atoms with van der Waals surface area (Å²) in [6, 6.07) is 24.7. The largest absolute Gasteiger partial charge is 0.478 e. The Labute approximate surface area is 401 Å². The summed E-state index contributed by atoms with van der Waals surface area (Å²) >= 11 is 12.7. The van der Waals surface area contributed by atoms with Crippen molar-refractivity contribution in [1.29, 1.82) is 0 Å². The Bertz CT molecular complexity index is 3740. The third kappa shape index (κ3) is 8.88. The molecule has 0 aliphatic carbocycles. The third-order valence-corrected chi connectivity index (χ3v) is 11.3. The molecule has 0 atom stereocenters. The van der Waals surface area contributed by atoms with Gasteiger partial charge in [-0.05, 0) is 95.3 Å². The molecule has 4 aromatic carbocycles. The van der Waals surface area contributed by atoms with E-state index in [1.807, 2.05) is 58.5 Å². The van der Waals surface area contributed by atoms with Gasteiger partial charge < -0.3 is 20.7 Å². The Morgan fingerprint density at radius 1 is 0.609 bits per heavy atom. The van der Waals surface area contributed by atoms with Gasteiger partial charge in [-0.1, -0.05) is 47.5 Å². The number of nitrogens with zero attached hydrogens (tertiary/aromatic N) is 10. The summed E-state index contributed by atoms with van der Waals surface area (Å²) in [5, 5.41) is 25.0. The molecule has 0 unspecified atom stereocenters. The predicted molar refractivity (Wildman–Crippen MR) is 262 cm³/mol. The smallest absolute Gasteiger partial charge is 0.414 e. The number of nitrogens with one attached hydrogen (secondary N) is 1. The summed E-state index contributed by atoms with van der Waals surface area (Å²) in [5.74, 6) is -0.875. The second-order valence-electron chi connectivity index (χ2n) is 16.5. The van der Waals surface area contributed by atoms with Crippen LogP contribution in [0.3, 0.4) is 0 Å². The van der Waals surface area contributed by atoms with E-state index in [1.165, 1.54) is 18.5 Å². The fourth-order valence-corrected chi connectivity index (χ4v) is 8.41. The number of pyridine rings is 2. The monoisotopic (exact) mass is 960 g/mol. The third-order valence-electron chi connectivity index (χ3n) is 10.7. The molecule has 0 bridgehead atoms. The Kier molecular flexibility index (Phi) is 11.8. The van der Waals surface area contributed by atoms with Gasteiger partial charge in [0, 0.05) is 46.7 Å². The second kappa shape index (κ2) is 17.9. The van der Waals surface area contributed by atoms with Gasteiger partial charge in [-0.2, -0.15) is 0 Å². The van der Waals surface area contributed by atoms with E-state index in [0.717, 1.165) is 22.1 Å². The van der Waals surface area contributed by atoms with E-state index < -0.39 is 23.6 Å². The number of carboxylic acid groups (broad SMARTS) is 2. The van der Waals surface area contributed by atoms with E-state index >= 15 is 0 Å². The number of halogens is 2. The molecule has 0 fully saturated rings. The quantitative estimate of drug-likeness (QED) is 0.116. The number of nitrogens with two attached hydrogens (primary N) is 1. The van der Waals surface area contributed by atoms with Crippen LogP contribution in [0.5, 0.6) is 0 Å². The molecular weight excluding hydrogens is 924 g/mol. The number of carboxylic acids is 2. The number of imidazole rings is 2. The summed E-state index contributed by atoms with van der Waals surface area (Å²) < 4.78 is 9.04. The van der Waals surface area contributed by atoms with E-state index in [2.05, 4.69) is 45.2 Å². The summed E-state index contributed by atoms with van der Waals surface area (Å²) in [6.07, 6.45) is 5.62. The molecule has 0 radical (unpaired) electrons. The number of aromatic carboxylic acids is 2. The maximum absolute atomic E-state index is 12.3. The molecule has 10 aromatic rings.